The van der Waals surface area contributed by atoms with E-state index in [-0.39, 0.29) is 6.54 Å². The molecule has 9 heteroatoms. The third-order valence-corrected chi connectivity index (χ3v) is 6.19. The number of hydrogen-bond acceptors (Lipinski definition) is 3. The molecule has 0 aliphatic rings. The van der Waals surface area contributed by atoms with Crippen LogP contribution in [0.15, 0.2) is 66.7 Å². The van der Waals surface area contributed by atoms with Crippen LogP contribution in [0.5, 0.6) is 0 Å². The predicted molar refractivity (Wildman–Crippen MR) is 123 cm³/mol. The van der Waals surface area contributed by atoms with Crippen LogP contribution in [0.1, 0.15) is 15.9 Å². The molecule has 3 aromatic carbocycles. The molecule has 0 aromatic heterocycles. The number of nitrogens with one attached hydrogen (secondary N) is 1. The van der Waals surface area contributed by atoms with Crippen LogP contribution in [-0.2, 0) is 16.6 Å². The first-order chi connectivity index (χ1) is 14.1. The molecule has 30 heavy (non-hydrogen) atoms. The largest absolute Gasteiger partial charge is 0.321 e. The molecule has 0 fully saturated rings. The number of rotatable bonds is 6. The molecule has 0 saturated heterocycles. The minimum absolute atomic E-state index is 0.139. The maximum Gasteiger partial charge on any atom is 0.255 e. The smallest absolute Gasteiger partial charge is 0.255 e. The summed E-state index contributed by atoms with van der Waals surface area (Å²) in [5.41, 5.74) is 1.94. The SMILES string of the molecule is CS(=O)(=O)N(Cc1ccc(Cl)cc1)c1ccc(C(=O)Nc2cc(Cl)ccc2Cl)cc1. The van der Waals surface area contributed by atoms with Crippen LogP contribution < -0.4 is 9.62 Å². The van der Waals surface area contributed by atoms with Crippen LogP contribution in [0.4, 0.5) is 11.4 Å². The van der Waals surface area contributed by atoms with E-state index in [2.05, 4.69) is 5.32 Å². The quantitative estimate of drug-likeness (QED) is 0.477. The Hall–Kier alpha value is -2.25. The minimum atomic E-state index is -3.55. The van der Waals surface area contributed by atoms with E-state index in [4.69, 9.17) is 34.8 Å². The lowest BCUT2D eigenvalue weighted by Crippen LogP contribution is -2.29. The molecule has 3 rings (SSSR count). The number of benzene rings is 3. The monoisotopic (exact) mass is 482 g/mol. The molecule has 0 aliphatic carbocycles. The second-order valence-corrected chi connectivity index (χ2v) is 9.71. The number of nitrogens with zero attached hydrogens (tertiary/aromatic N) is 1. The summed E-state index contributed by atoms with van der Waals surface area (Å²) in [5, 5.41) is 4.06. The maximum absolute atomic E-state index is 12.5. The number of halogens is 3. The average Bonchev–Trinajstić information content (AvgIpc) is 2.69. The van der Waals surface area contributed by atoms with Crippen molar-refractivity contribution in [1.29, 1.82) is 0 Å². The van der Waals surface area contributed by atoms with Crippen molar-refractivity contribution >= 4 is 62.1 Å². The number of amides is 1. The lowest BCUT2D eigenvalue weighted by atomic mass is 10.1. The highest BCUT2D eigenvalue weighted by molar-refractivity contribution is 7.92. The van der Waals surface area contributed by atoms with Crippen molar-refractivity contribution in [2.75, 3.05) is 15.9 Å². The van der Waals surface area contributed by atoms with Crippen LogP contribution in [0.3, 0.4) is 0 Å². The van der Waals surface area contributed by atoms with Crippen LogP contribution >= 0.6 is 34.8 Å². The summed E-state index contributed by atoms with van der Waals surface area (Å²) >= 11 is 17.9. The molecule has 1 N–H and O–H groups in total. The van der Waals surface area contributed by atoms with E-state index < -0.39 is 15.9 Å². The Morgan fingerprint density at radius 2 is 1.50 bits per heavy atom. The molecule has 3 aromatic rings. The molecule has 0 radical (unpaired) electrons. The molecular weight excluding hydrogens is 467 g/mol. The second-order valence-electron chi connectivity index (χ2n) is 6.52. The fourth-order valence-corrected chi connectivity index (χ4v) is 4.07. The first kappa shape index (κ1) is 22.4. The summed E-state index contributed by atoms with van der Waals surface area (Å²) in [7, 11) is -3.55. The van der Waals surface area contributed by atoms with E-state index in [9.17, 15) is 13.2 Å². The zero-order valence-electron chi connectivity index (χ0n) is 15.8. The number of hydrogen-bond donors (Lipinski definition) is 1. The third kappa shape index (κ3) is 5.67. The fourth-order valence-electron chi connectivity index (χ4n) is 2.72. The van der Waals surface area contributed by atoms with Gasteiger partial charge in [-0.2, -0.15) is 0 Å². The molecule has 0 unspecified atom stereocenters. The molecule has 0 bridgehead atoms. The molecule has 0 aliphatic heterocycles. The Bertz CT molecular complexity index is 1170. The Morgan fingerprint density at radius 3 is 2.10 bits per heavy atom. The number of carbonyl (C=O) groups excluding carboxylic acids is 1. The van der Waals surface area contributed by atoms with Gasteiger partial charge in [0.1, 0.15) is 0 Å². The van der Waals surface area contributed by atoms with Gasteiger partial charge < -0.3 is 5.32 Å². The number of sulfonamides is 1. The van der Waals surface area contributed by atoms with Gasteiger partial charge in [0.25, 0.3) is 5.91 Å². The van der Waals surface area contributed by atoms with Gasteiger partial charge in [-0.1, -0.05) is 46.9 Å². The molecule has 0 atom stereocenters. The third-order valence-electron chi connectivity index (χ3n) is 4.23. The summed E-state index contributed by atoms with van der Waals surface area (Å²) in [6, 6.07) is 17.9. The van der Waals surface area contributed by atoms with Crippen LogP contribution in [0.25, 0.3) is 0 Å². The van der Waals surface area contributed by atoms with Gasteiger partial charge in [0, 0.05) is 15.6 Å². The van der Waals surface area contributed by atoms with Crippen molar-refractivity contribution in [1.82, 2.24) is 0 Å². The summed E-state index contributed by atoms with van der Waals surface area (Å²) in [4.78, 5) is 12.5. The lowest BCUT2D eigenvalue weighted by molar-refractivity contribution is 0.102. The summed E-state index contributed by atoms with van der Waals surface area (Å²) in [5.74, 6) is -0.394. The van der Waals surface area contributed by atoms with Crippen LogP contribution in [0, 0.1) is 0 Å². The van der Waals surface area contributed by atoms with Crippen molar-refractivity contribution in [3.05, 3.63) is 92.9 Å². The summed E-state index contributed by atoms with van der Waals surface area (Å²) < 4.78 is 25.9. The van der Waals surface area contributed by atoms with Gasteiger partial charge in [0.05, 0.1) is 29.2 Å². The summed E-state index contributed by atoms with van der Waals surface area (Å²) in [6.07, 6.45) is 1.13. The Labute approximate surface area is 190 Å². The van der Waals surface area contributed by atoms with Crippen molar-refractivity contribution in [2.45, 2.75) is 6.54 Å². The van der Waals surface area contributed by atoms with Gasteiger partial charge in [0.15, 0.2) is 0 Å². The highest BCUT2D eigenvalue weighted by Crippen LogP contribution is 2.27. The molecular formula is C21H17Cl3N2O3S. The first-order valence-electron chi connectivity index (χ1n) is 8.72. The molecule has 0 heterocycles. The number of carbonyl (C=O) groups is 1. The van der Waals surface area contributed by atoms with E-state index in [0.717, 1.165) is 11.8 Å². The van der Waals surface area contributed by atoms with E-state index in [1.807, 2.05) is 0 Å². The van der Waals surface area contributed by atoms with Gasteiger partial charge in [0.2, 0.25) is 10.0 Å². The van der Waals surface area contributed by atoms with Crippen molar-refractivity contribution < 1.29 is 13.2 Å². The molecule has 0 spiro atoms. The normalized spacial score (nSPS) is 11.2. The zero-order chi connectivity index (χ0) is 21.9. The average molecular weight is 484 g/mol. The minimum Gasteiger partial charge on any atom is -0.321 e. The van der Waals surface area contributed by atoms with E-state index in [1.165, 1.54) is 4.31 Å². The van der Waals surface area contributed by atoms with Crippen molar-refractivity contribution in [2.24, 2.45) is 0 Å². The van der Waals surface area contributed by atoms with Gasteiger partial charge in [-0.05, 0) is 60.2 Å². The van der Waals surface area contributed by atoms with E-state index in [1.54, 1.807) is 66.7 Å². The Kier molecular flexibility index (Phi) is 6.93. The van der Waals surface area contributed by atoms with Gasteiger partial charge in [-0.15, -0.1) is 0 Å². The van der Waals surface area contributed by atoms with Gasteiger partial charge >= 0.3 is 0 Å². The van der Waals surface area contributed by atoms with E-state index >= 15 is 0 Å². The molecule has 5 nitrogen and oxygen atoms in total. The highest BCUT2D eigenvalue weighted by Gasteiger charge is 2.19. The van der Waals surface area contributed by atoms with Crippen molar-refractivity contribution in [3.63, 3.8) is 0 Å². The van der Waals surface area contributed by atoms with Gasteiger partial charge in [-0.3, -0.25) is 9.10 Å². The first-order valence-corrected chi connectivity index (χ1v) is 11.7. The predicted octanol–water partition coefficient (Wildman–Crippen LogP) is 5.87. The van der Waals surface area contributed by atoms with Crippen LogP contribution in [-0.4, -0.2) is 20.6 Å². The molecule has 0 saturated carbocycles. The second kappa shape index (κ2) is 9.27. The summed E-state index contributed by atoms with van der Waals surface area (Å²) in [6.45, 7) is 0.139. The Balaban J connectivity index is 1.81. The molecule has 156 valence electrons. The number of anilines is 2. The zero-order valence-corrected chi connectivity index (χ0v) is 18.9. The molecule has 1 amide bonds. The fraction of sp³-hybridized carbons (Fsp3) is 0.0952. The van der Waals surface area contributed by atoms with Crippen molar-refractivity contribution in [3.8, 4) is 0 Å². The topological polar surface area (TPSA) is 66.5 Å². The highest BCUT2D eigenvalue weighted by atomic mass is 35.5. The maximum atomic E-state index is 12.5. The lowest BCUT2D eigenvalue weighted by Gasteiger charge is -2.23. The van der Waals surface area contributed by atoms with E-state index in [0.29, 0.717) is 32.0 Å². The standard InChI is InChI=1S/C21H17Cl3N2O3S/c1-30(28,29)26(13-14-2-6-16(22)7-3-14)18-9-4-15(5-10-18)21(27)25-20-12-17(23)8-11-19(20)24/h2-12H,13H2,1H3,(H,25,27). The van der Waals surface area contributed by atoms with Crippen LogP contribution in [0.2, 0.25) is 15.1 Å². The van der Waals surface area contributed by atoms with Gasteiger partial charge in [-0.25, -0.2) is 8.42 Å². The Morgan fingerprint density at radius 1 is 0.900 bits per heavy atom.